The summed E-state index contributed by atoms with van der Waals surface area (Å²) >= 11 is 0. The van der Waals surface area contributed by atoms with Gasteiger partial charge in [0.05, 0.1) is 7.11 Å². The zero-order valence-corrected chi connectivity index (χ0v) is 14.7. The van der Waals surface area contributed by atoms with Gasteiger partial charge in [-0.2, -0.15) is 0 Å². The number of carbonyl (C=O) groups is 1. The maximum Gasteiger partial charge on any atom is 0.356 e. The summed E-state index contributed by atoms with van der Waals surface area (Å²) in [4.78, 5) is 16.1. The zero-order valence-electron chi connectivity index (χ0n) is 14.7. The molecule has 0 saturated heterocycles. The molecule has 0 aromatic rings. The van der Waals surface area contributed by atoms with Crippen molar-refractivity contribution >= 4 is 11.7 Å². The SMILES string of the molecule is C/C=C(/C=C(\C)C(C)(C)C)C(\C)=N\C(=C\CC)C(=O)OC. The number of hydrogen-bond donors (Lipinski definition) is 0. The molecule has 0 spiro atoms. The van der Waals surface area contributed by atoms with E-state index in [0.29, 0.717) is 5.70 Å². The molecular weight excluding hydrogens is 262 g/mol. The molecule has 0 amide bonds. The van der Waals surface area contributed by atoms with Crippen LogP contribution in [0.1, 0.15) is 54.9 Å². The average molecular weight is 291 g/mol. The van der Waals surface area contributed by atoms with E-state index in [4.69, 9.17) is 4.74 Å². The van der Waals surface area contributed by atoms with Gasteiger partial charge in [0.15, 0.2) is 0 Å². The van der Waals surface area contributed by atoms with Crippen LogP contribution in [0.4, 0.5) is 0 Å². The molecule has 0 rings (SSSR count). The van der Waals surface area contributed by atoms with Gasteiger partial charge < -0.3 is 4.74 Å². The van der Waals surface area contributed by atoms with Gasteiger partial charge in [0.25, 0.3) is 0 Å². The lowest BCUT2D eigenvalue weighted by Crippen LogP contribution is -2.09. The van der Waals surface area contributed by atoms with E-state index in [1.54, 1.807) is 6.08 Å². The van der Waals surface area contributed by atoms with Crippen molar-refractivity contribution in [2.24, 2.45) is 10.4 Å². The molecule has 118 valence electrons. The number of carbonyl (C=O) groups excluding carboxylic acids is 1. The van der Waals surface area contributed by atoms with Crippen LogP contribution in [0, 0.1) is 5.41 Å². The Hall–Kier alpha value is -1.64. The van der Waals surface area contributed by atoms with Crippen molar-refractivity contribution in [3.63, 3.8) is 0 Å². The molecule has 0 fully saturated rings. The third-order valence-corrected chi connectivity index (χ3v) is 3.36. The van der Waals surface area contributed by atoms with E-state index < -0.39 is 5.97 Å². The molecule has 0 heterocycles. The lowest BCUT2D eigenvalue weighted by Gasteiger charge is -2.20. The number of ether oxygens (including phenoxy) is 1. The Balaban J connectivity index is 5.55. The summed E-state index contributed by atoms with van der Waals surface area (Å²) in [7, 11) is 1.37. The second-order valence-electron chi connectivity index (χ2n) is 6.01. The average Bonchev–Trinajstić information content (AvgIpc) is 2.41. The minimum absolute atomic E-state index is 0.110. The van der Waals surface area contributed by atoms with Gasteiger partial charge in [-0.25, -0.2) is 9.79 Å². The van der Waals surface area contributed by atoms with Crippen LogP contribution in [-0.4, -0.2) is 18.8 Å². The van der Waals surface area contributed by atoms with E-state index in [1.165, 1.54) is 12.7 Å². The molecule has 0 bridgehead atoms. The molecule has 21 heavy (non-hydrogen) atoms. The number of allylic oxidation sites excluding steroid dienone is 5. The molecule has 0 unspecified atom stereocenters. The normalized spacial score (nSPS) is 15.2. The first-order valence-electron chi connectivity index (χ1n) is 7.36. The summed E-state index contributed by atoms with van der Waals surface area (Å²) in [6, 6.07) is 0. The predicted molar refractivity (Wildman–Crippen MR) is 90.5 cm³/mol. The summed E-state index contributed by atoms with van der Waals surface area (Å²) in [5.74, 6) is -0.400. The highest BCUT2D eigenvalue weighted by Crippen LogP contribution is 2.26. The van der Waals surface area contributed by atoms with Gasteiger partial charge in [0.2, 0.25) is 0 Å². The molecule has 0 N–H and O–H groups in total. The molecule has 0 aliphatic carbocycles. The van der Waals surface area contributed by atoms with Crippen molar-refractivity contribution in [1.29, 1.82) is 0 Å². The maximum atomic E-state index is 11.7. The molecular formula is C18H29NO2. The fourth-order valence-corrected chi connectivity index (χ4v) is 1.56. The monoisotopic (exact) mass is 291 g/mol. The van der Waals surface area contributed by atoms with Crippen molar-refractivity contribution in [2.75, 3.05) is 7.11 Å². The molecule has 0 aromatic heterocycles. The summed E-state index contributed by atoms with van der Waals surface area (Å²) in [5.41, 5.74) is 3.57. The van der Waals surface area contributed by atoms with Crippen molar-refractivity contribution in [3.8, 4) is 0 Å². The van der Waals surface area contributed by atoms with Crippen LogP contribution in [0.25, 0.3) is 0 Å². The minimum atomic E-state index is -0.400. The van der Waals surface area contributed by atoms with Gasteiger partial charge in [-0.05, 0) is 38.2 Å². The van der Waals surface area contributed by atoms with Crippen LogP contribution in [0.15, 0.2) is 40.1 Å². The lowest BCUT2D eigenvalue weighted by molar-refractivity contribution is -0.136. The van der Waals surface area contributed by atoms with Crippen molar-refractivity contribution in [3.05, 3.63) is 35.1 Å². The van der Waals surface area contributed by atoms with E-state index in [-0.39, 0.29) is 5.41 Å². The minimum Gasteiger partial charge on any atom is -0.464 e. The van der Waals surface area contributed by atoms with Crippen LogP contribution in [0.5, 0.6) is 0 Å². The summed E-state index contributed by atoms with van der Waals surface area (Å²) in [6.45, 7) is 14.5. The summed E-state index contributed by atoms with van der Waals surface area (Å²) in [5, 5.41) is 0. The number of aliphatic imine (C=N–C) groups is 1. The lowest BCUT2D eigenvalue weighted by atomic mass is 9.86. The first-order chi connectivity index (χ1) is 9.67. The largest absolute Gasteiger partial charge is 0.464 e. The summed E-state index contributed by atoms with van der Waals surface area (Å²) in [6.07, 6.45) is 6.65. The van der Waals surface area contributed by atoms with Crippen LogP contribution in [0.2, 0.25) is 0 Å². The number of esters is 1. The Bertz CT molecular complexity index is 486. The quantitative estimate of drug-likeness (QED) is 0.314. The Labute approximate surface area is 129 Å². The smallest absolute Gasteiger partial charge is 0.356 e. The third kappa shape index (κ3) is 6.56. The van der Waals surface area contributed by atoms with Crippen LogP contribution in [0.3, 0.4) is 0 Å². The van der Waals surface area contributed by atoms with Crippen LogP contribution < -0.4 is 0 Å². The highest BCUT2D eigenvalue weighted by Gasteiger charge is 2.14. The van der Waals surface area contributed by atoms with Gasteiger partial charge in [0.1, 0.15) is 5.70 Å². The maximum absolute atomic E-state index is 11.7. The second kappa shape index (κ2) is 8.60. The fourth-order valence-electron chi connectivity index (χ4n) is 1.56. The standard InChI is InChI=1S/C18H29NO2/c1-9-11-16(17(20)21-8)19-14(4)15(10-2)12-13(3)18(5,6)7/h10-12H,9H2,1-8H3/b13-12+,15-10-,16-11+,19-14+. The topological polar surface area (TPSA) is 38.7 Å². The number of rotatable bonds is 5. The van der Waals surface area contributed by atoms with Crippen LogP contribution >= 0.6 is 0 Å². The number of hydrogen-bond acceptors (Lipinski definition) is 3. The third-order valence-electron chi connectivity index (χ3n) is 3.36. The van der Waals surface area contributed by atoms with Gasteiger partial charge in [-0.3, -0.25) is 0 Å². The van der Waals surface area contributed by atoms with E-state index in [0.717, 1.165) is 17.7 Å². The Morgan fingerprint density at radius 1 is 1.24 bits per heavy atom. The van der Waals surface area contributed by atoms with E-state index in [1.807, 2.05) is 26.8 Å². The van der Waals surface area contributed by atoms with Crippen molar-refractivity contribution in [1.82, 2.24) is 0 Å². The highest BCUT2D eigenvalue weighted by atomic mass is 16.5. The number of methoxy groups -OCH3 is 1. The molecule has 0 radical (unpaired) electrons. The van der Waals surface area contributed by atoms with Gasteiger partial charge in [-0.15, -0.1) is 0 Å². The first-order valence-corrected chi connectivity index (χ1v) is 7.36. The molecule has 3 nitrogen and oxygen atoms in total. The second-order valence-corrected chi connectivity index (χ2v) is 6.01. The van der Waals surface area contributed by atoms with Crippen LogP contribution in [-0.2, 0) is 9.53 Å². The van der Waals surface area contributed by atoms with Gasteiger partial charge >= 0.3 is 5.97 Å². The van der Waals surface area contributed by atoms with Gasteiger partial charge in [-0.1, -0.05) is 51.5 Å². The van der Waals surface area contributed by atoms with Gasteiger partial charge in [0, 0.05) is 5.71 Å². The number of nitrogens with zero attached hydrogens (tertiary/aromatic N) is 1. The molecule has 0 aliphatic heterocycles. The van der Waals surface area contributed by atoms with E-state index in [2.05, 4.69) is 38.8 Å². The fraction of sp³-hybridized carbons (Fsp3) is 0.556. The summed E-state index contributed by atoms with van der Waals surface area (Å²) < 4.78 is 4.77. The molecule has 3 heteroatoms. The highest BCUT2D eigenvalue weighted by molar-refractivity contribution is 6.04. The molecule has 0 aliphatic rings. The Kier molecular flexibility index (Phi) is 7.93. The predicted octanol–water partition coefficient (Wildman–Crippen LogP) is 4.85. The van der Waals surface area contributed by atoms with Crippen molar-refractivity contribution < 1.29 is 9.53 Å². The first kappa shape index (κ1) is 19.4. The molecule has 0 aromatic carbocycles. The molecule has 0 saturated carbocycles. The van der Waals surface area contributed by atoms with E-state index >= 15 is 0 Å². The Morgan fingerprint density at radius 3 is 2.19 bits per heavy atom. The molecule has 0 atom stereocenters. The van der Waals surface area contributed by atoms with Crippen molar-refractivity contribution in [2.45, 2.75) is 54.9 Å². The Morgan fingerprint density at radius 2 is 1.81 bits per heavy atom. The zero-order chi connectivity index (χ0) is 16.6. The van der Waals surface area contributed by atoms with E-state index in [9.17, 15) is 4.79 Å².